The molecule has 1 aromatic carbocycles. The van der Waals surface area contributed by atoms with Gasteiger partial charge in [-0.15, -0.1) is 21.5 Å². The van der Waals surface area contributed by atoms with Crippen molar-refractivity contribution in [1.82, 2.24) is 19.9 Å². The Bertz CT molecular complexity index is 1060. The molecular formula is C15H15N9O3S2. The fraction of sp³-hybridized carbons (Fsp3) is 0.133. The van der Waals surface area contributed by atoms with Gasteiger partial charge >= 0.3 is 0 Å². The van der Waals surface area contributed by atoms with Gasteiger partial charge in [-0.1, -0.05) is 23.9 Å². The van der Waals surface area contributed by atoms with Crippen LogP contribution in [0.2, 0.25) is 0 Å². The van der Waals surface area contributed by atoms with Gasteiger partial charge in [0.1, 0.15) is 0 Å². The molecule has 2 heterocycles. The van der Waals surface area contributed by atoms with E-state index in [1.165, 1.54) is 29.7 Å². The molecule has 0 saturated heterocycles. The van der Waals surface area contributed by atoms with Crippen LogP contribution in [0.3, 0.4) is 0 Å². The summed E-state index contributed by atoms with van der Waals surface area (Å²) in [6, 6.07) is 5.98. The topological polar surface area (TPSA) is 166 Å². The van der Waals surface area contributed by atoms with Gasteiger partial charge < -0.3 is 11.2 Å². The fourth-order valence-electron chi connectivity index (χ4n) is 2.03. The molecule has 0 atom stereocenters. The Morgan fingerprint density at radius 3 is 3.03 bits per heavy atom. The number of nitrogens with two attached hydrogens (primary N) is 1. The Morgan fingerprint density at radius 1 is 1.48 bits per heavy atom. The Kier molecular flexibility index (Phi) is 6.36. The number of aromatic nitrogens is 4. The molecule has 4 N–H and O–H groups in total. The lowest BCUT2D eigenvalue weighted by Crippen LogP contribution is -2.16. The summed E-state index contributed by atoms with van der Waals surface area (Å²) in [7, 11) is 0. The van der Waals surface area contributed by atoms with Crippen molar-refractivity contribution >= 4 is 52.0 Å². The molecule has 150 valence electrons. The van der Waals surface area contributed by atoms with Crippen LogP contribution in [0.1, 0.15) is 11.3 Å². The maximum absolute atomic E-state index is 12.0. The van der Waals surface area contributed by atoms with E-state index in [4.69, 9.17) is 5.84 Å². The first kappa shape index (κ1) is 20.2. The number of nitrogen functional groups attached to an aromatic ring is 1. The molecule has 0 bridgehead atoms. The molecule has 0 aliphatic rings. The van der Waals surface area contributed by atoms with Crippen LogP contribution >= 0.6 is 23.1 Å². The molecule has 0 unspecified atom stereocenters. The number of aryl methyl sites for hydroxylation is 1. The highest BCUT2D eigenvalue weighted by Crippen LogP contribution is 2.19. The van der Waals surface area contributed by atoms with E-state index in [0.29, 0.717) is 15.9 Å². The van der Waals surface area contributed by atoms with Crippen molar-refractivity contribution in [1.29, 1.82) is 0 Å². The average molecular weight is 433 g/mol. The highest BCUT2D eigenvalue weighted by Gasteiger charge is 2.13. The molecule has 0 spiro atoms. The van der Waals surface area contributed by atoms with Crippen LogP contribution in [0.4, 0.5) is 16.8 Å². The summed E-state index contributed by atoms with van der Waals surface area (Å²) in [5.74, 6) is 5.86. The van der Waals surface area contributed by atoms with Crippen LogP contribution in [-0.2, 0) is 4.79 Å². The smallest absolute Gasteiger partial charge is 0.270 e. The van der Waals surface area contributed by atoms with E-state index in [1.807, 2.05) is 12.3 Å². The van der Waals surface area contributed by atoms with Gasteiger partial charge in [-0.2, -0.15) is 5.10 Å². The van der Waals surface area contributed by atoms with Crippen LogP contribution in [-0.4, -0.2) is 42.7 Å². The number of benzene rings is 1. The minimum Gasteiger partial charge on any atom is -0.334 e. The summed E-state index contributed by atoms with van der Waals surface area (Å²) in [6.07, 6.45) is 1.39. The van der Waals surface area contributed by atoms with Crippen molar-refractivity contribution in [3.05, 3.63) is 51.0 Å². The van der Waals surface area contributed by atoms with Gasteiger partial charge in [0.15, 0.2) is 5.13 Å². The van der Waals surface area contributed by atoms with Crippen LogP contribution in [0, 0.1) is 17.0 Å². The number of hydrazone groups is 1. The van der Waals surface area contributed by atoms with Crippen molar-refractivity contribution in [2.24, 2.45) is 5.10 Å². The number of anilines is 2. The predicted molar refractivity (Wildman–Crippen MR) is 111 cm³/mol. The van der Waals surface area contributed by atoms with E-state index in [9.17, 15) is 14.9 Å². The van der Waals surface area contributed by atoms with E-state index in [2.05, 4.69) is 31.0 Å². The number of nitro benzene ring substituents is 1. The standard InChI is InChI=1S/C15H15N9O3S2/c1-9-7-28-14(18-9)19-12(25)8-29-15-22-21-13(23(15)16)20-17-6-10-3-2-4-11(5-10)24(26)27/h2-7H,8,16H2,1H3,(H,20,21)(H,18,19,25)/b17-6+. The average Bonchev–Trinajstić information content (AvgIpc) is 3.26. The zero-order valence-electron chi connectivity index (χ0n) is 15.0. The van der Waals surface area contributed by atoms with E-state index in [-0.39, 0.29) is 23.3 Å². The van der Waals surface area contributed by atoms with E-state index < -0.39 is 4.92 Å². The van der Waals surface area contributed by atoms with Crippen molar-refractivity contribution in [2.75, 3.05) is 22.3 Å². The molecule has 0 saturated carbocycles. The third-order valence-corrected chi connectivity index (χ3v) is 5.14. The Morgan fingerprint density at radius 2 is 2.31 bits per heavy atom. The summed E-state index contributed by atoms with van der Waals surface area (Å²) in [4.78, 5) is 26.4. The molecule has 12 nitrogen and oxygen atoms in total. The first-order valence-corrected chi connectivity index (χ1v) is 9.87. The summed E-state index contributed by atoms with van der Waals surface area (Å²) >= 11 is 2.44. The molecule has 1 amide bonds. The zero-order valence-corrected chi connectivity index (χ0v) is 16.6. The Hall–Kier alpha value is -3.52. The van der Waals surface area contributed by atoms with Crippen LogP contribution in [0.15, 0.2) is 39.9 Å². The second kappa shape index (κ2) is 9.11. The van der Waals surface area contributed by atoms with Gasteiger partial charge in [-0.3, -0.25) is 14.9 Å². The molecule has 2 aromatic heterocycles. The maximum Gasteiger partial charge on any atom is 0.270 e. The zero-order chi connectivity index (χ0) is 20.8. The van der Waals surface area contributed by atoms with Gasteiger partial charge in [0.25, 0.3) is 11.6 Å². The maximum atomic E-state index is 12.0. The van der Waals surface area contributed by atoms with Crippen LogP contribution in [0.25, 0.3) is 0 Å². The van der Waals surface area contributed by atoms with Gasteiger partial charge in [0.2, 0.25) is 11.1 Å². The monoisotopic (exact) mass is 433 g/mol. The molecule has 14 heteroatoms. The number of amides is 1. The first-order valence-electron chi connectivity index (χ1n) is 8.01. The number of nitrogens with zero attached hydrogens (tertiary/aromatic N) is 6. The third-order valence-electron chi connectivity index (χ3n) is 3.32. The molecule has 3 rings (SSSR count). The number of carbonyl (C=O) groups is 1. The third kappa shape index (κ3) is 5.49. The highest BCUT2D eigenvalue weighted by molar-refractivity contribution is 7.99. The number of thiazole rings is 1. The minimum absolute atomic E-state index is 0.0409. The number of nitrogens with one attached hydrogen (secondary N) is 2. The largest absolute Gasteiger partial charge is 0.334 e. The van der Waals surface area contributed by atoms with Gasteiger partial charge in [-0.25, -0.2) is 15.1 Å². The predicted octanol–water partition coefficient (Wildman–Crippen LogP) is 1.84. The summed E-state index contributed by atoms with van der Waals surface area (Å²) in [5.41, 5.74) is 3.92. The Balaban J connectivity index is 1.54. The van der Waals surface area contributed by atoms with Gasteiger partial charge in [0, 0.05) is 23.1 Å². The van der Waals surface area contributed by atoms with E-state index in [1.54, 1.807) is 12.1 Å². The number of rotatable bonds is 8. The normalized spacial score (nSPS) is 10.9. The lowest BCUT2D eigenvalue weighted by molar-refractivity contribution is -0.384. The molecule has 0 aliphatic heterocycles. The number of hydrogen-bond acceptors (Lipinski definition) is 11. The van der Waals surface area contributed by atoms with Crippen LogP contribution in [0.5, 0.6) is 0 Å². The van der Waals surface area contributed by atoms with Crippen molar-refractivity contribution in [2.45, 2.75) is 12.1 Å². The minimum atomic E-state index is -0.489. The van der Waals surface area contributed by atoms with E-state index in [0.717, 1.165) is 22.1 Å². The Labute approximate surface area is 172 Å². The van der Waals surface area contributed by atoms with Crippen molar-refractivity contribution < 1.29 is 9.72 Å². The van der Waals surface area contributed by atoms with Gasteiger partial charge in [0.05, 0.1) is 22.6 Å². The van der Waals surface area contributed by atoms with Crippen molar-refractivity contribution in [3.8, 4) is 0 Å². The first-order chi connectivity index (χ1) is 13.9. The number of carbonyl (C=O) groups excluding carboxylic acids is 1. The van der Waals surface area contributed by atoms with Crippen molar-refractivity contribution in [3.63, 3.8) is 0 Å². The number of non-ortho nitro benzene ring substituents is 1. The summed E-state index contributed by atoms with van der Waals surface area (Å²) in [5, 5.41) is 27.8. The second-order valence-electron chi connectivity index (χ2n) is 5.53. The van der Waals surface area contributed by atoms with E-state index >= 15 is 0 Å². The lowest BCUT2D eigenvalue weighted by Gasteiger charge is -2.03. The number of thioether (sulfide) groups is 1. The fourth-order valence-corrected chi connectivity index (χ4v) is 3.39. The molecule has 0 radical (unpaired) electrons. The van der Waals surface area contributed by atoms with Crippen LogP contribution < -0.4 is 16.6 Å². The summed E-state index contributed by atoms with van der Waals surface area (Å²) in [6.45, 7) is 1.84. The number of hydrogen-bond donors (Lipinski definition) is 3. The molecular weight excluding hydrogens is 418 g/mol. The second-order valence-corrected chi connectivity index (χ2v) is 7.33. The molecule has 29 heavy (non-hydrogen) atoms. The SMILES string of the molecule is Cc1csc(NC(=O)CSc2nnc(N/N=C/c3cccc([N+](=O)[O-])c3)n2N)n1. The lowest BCUT2D eigenvalue weighted by atomic mass is 10.2. The summed E-state index contributed by atoms with van der Waals surface area (Å²) < 4.78 is 1.15. The molecule has 0 fully saturated rings. The quantitative estimate of drug-likeness (QED) is 0.158. The highest BCUT2D eigenvalue weighted by atomic mass is 32.2. The number of nitro groups is 1. The molecule has 3 aromatic rings. The van der Waals surface area contributed by atoms with Gasteiger partial charge in [-0.05, 0) is 6.92 Å². The molecule has 0 aliphatic carbocycles.